The molecule has 148 valence electrons. The molecular formula is C18H15Cl3N2O5. The summed E-state index contributed by atoms with van der Waals surface area (Å²) in [5.41, 5.74) is 0.171. The standard InChI is InChI=1S/C18H15Cl3N2O5/c19-10-7-11(20)16(12(21)8-10)22-15(24)9-28-18(26)13-3-1-5-23(13)17(25)14-4-2-6-27-14/h2,4,6-8,13H,1,3,5,9H2,(H,22,24). The normalized spacial score (nSPS) is 16.1. The molecule has 7 nitrogen and oxygen atoms in total. The number of esters is 1. The lowest BCUT2D eigenvalue weighted by atomic mass is 10.2. The molecule has 2 heterocycles. The Morgan fingerprint density at radius 2 is 1.93 bits per heavy atom. The number of furan rings is 1. The molecule has 1 aliphatic heterocycles. The van der Waals surface area contributed by atoms with E-state index in [0.29, 0.717) is 24.4 Å². The number of anilines is 1. The van der Waals surface area contributed by atoms with Crippen LogP contribution < -0.4 is 5.32 Å². The van der Waals surface area contributed by atoms with Gasteiger partial charge in [0.1, 0.15) is 6.04 Å². The molecule has 0 saturated carbocycles. The van der Waals surface area contributed by atoms with Crippen molar-refractivity contribution in [1.29, 1.82) is 0 Å². The number of hydrogen-bond donors (Lipinski definition) is 1. The van der Waals surface area contributed by atoms with Crippen LogP contribution >= 0.6 is 34.8 Å². The van der Waals surface area contributed by atoms with Gasteiger partial charge in [-0.1, -0.05) is 34.8 Å². The van der Waals surface area contributed by atoms with Crippen molar-refractivity contribution in [1.82, 2.24) is 4.90 Å². The number of amides is 2. The highest BCUT2D eigenvalue weighted by Gasteiger charge is 2.36. The molecule has 1 aliphatic rings. The molecule has 1 N–H and O–H groups in total. The van der Waals surface area contributed by atoms with Crippen LogP contribution in [0.25, 0.3) is 0 Å². The molecule has 1 aromatic carbocycles. The third-order valence-corrected chi connectivity index (χ3v) is 4.95. The summed E-state index contributed by atoms with van der Waals surface area (Å²) < 4.78 is 10.2. The van der Waals surface area contributed by atoms with Crippen molar-refractivity contribution in [2.75, 3.05) is 18.5 Å². The molecule has 0 aliphatic carbocycles. The largest absolute Gasteiger partial charge is 0.459 e. The number of halogens is 3. The van der Waals surface area contributed by atoms with E-state index in [1.807, 2.05) is 0 Å². The zero-order valence-electron chi connectivity index (χ0n) is 14.4. The Kier molecular flexibility index (Phi) is 6.49. The summed E-state index contributed by atoms with van der Waals surface area (Å²) >= 11 is 17.8. The summed E-state index contributed by atoms with van der Waals surface area (Å²) in [6.45, 7) is -0.144. The van der Waals surface area contributed by atoms with Crippen LogP contribution in [0.5, 0.6) is 0 Å². The van der Waals surface area contributed by atoms with E-state index in [-0.39, 0.29) is 21.5 Å². The monoisotopic (exact) mass is 444 g/mol. The fraction of sp³-hybridized carbons (Fsp3) is 0.278. The lowest BCUT2D eigenvalue weighted by Gasteiger charge is -2.22. The van der Waals surface area contributed by atoms with Gasteiger partial charge in [0, 0.05) is 11.6 Å². The maximum absolute atomic E-state index is 12.4. The first-order valence-corrected chi connectivity index (χ1v) is 9.45. The first-order chi connectivity index (χ1) is 13.4. The molecule has 0 bridgehead atoms. The Morgan fingerprint density at radius 3 is 2.57 bits per heavy atom. The van der Waals surface area contributed by atoms with Gasteiger partial charge < -0.3 is 19.4 Å². The fourth-order valence-corrected chi connectivity index (χ4v) is 3.78. The maximum Gasteiger partial charge on any atom is 0.329 e. The van der Waals surface area contributed by atoms with Gasteiger partial charge >= 0.3 is 5.97 Å². The van der Waals surface area contributed by atoms with Crippen LogP contribution in [-0.2, 0) is 14.3 Å². The molecule has 10 heteroatoms. The van der Waals surface area contributed by atoms with Gasteiger partial charge in [-0.25, -0.2) is 4.79 Å². The number of rotatable bonds is 5. The van der Waals surface area contributed by atoms with E-state index in [1.54, 1.807) is 6.07 Å². The van der Waals surface area contributed by atoms with Crippen LogP contribution in [0.4, 0.5) is 5.69 Å². The van der Waals surface area contributed by atoms with Crippen LogP contribution in [0.1, 0.15) is 23.4 Å². The zero-order valence-corrected chi connectivity index (χ0v) is 16.7. The van der Waals surface area contributed by atoms with Crippen LogP contribution in [0.2, 0.25) is 15.1 Å². The van der Waals surface area contributed by atoms with Gasteiger partial charge in [-0.2, -0.15) is 0 Å². The second-order valence-electron chi connectivity index (χ2n) is 6.03. The van der Waals surface area contributed by atoms with E-state index in [4.69, 9.17) is 44.0 Å². The predicted molar refractivity (Wildman–Crippen MR) is 104 cm³/mol. The third-order valence-electron chi connectivity index (χ3n) is 4.13. The summed E-state index contributed by atoms with van der Waals surface area (Å²) in [5.74, 6) is -1.54. The van der Waals surface area contributed by atoms with Crippen molar-refractivity contribution in [2.45, 2.75) is 18.9 Å². The molecule has 1 fully saturated rings. The number of benzene rings is 1. The summed E-state index contributed by atoms with van der Waals surface area (Å²) in [4.78, 5) is 38.2. The first-order valence-electron chi connectivity index (χ1n) is 8.32. The summed E-state index contributed by atoms with van der Waals surface area (Å²) in [5, 5.41) is 3.11. The lowest BCUT2D eigenvalue weighted by Crippen LogP contribution is -2.42. The highest BCUT2D eigenvalue weighted by atomic mass is 35.5. The molecule has 2 aromatic rings. The van der Waals surface area contributed by atoms with E-state index < -0.39 is 30.4 Å². The number of hydrogen-bond acceptors (Lipinski definition) is 5. The predicted octanol–water partition coefficient (Wildman–Crippen LogP) is 4.03. The number of carbonyl (C=O) groups excluding carboxylic acids is 3. The molecule has 1 unspecified atom stereocenters. The van der Waals surface area contributed by atoms with Gasteiger partial charge in [0.2, 0.25) is 0 Å². The minimum atomic E-state index is -0.770. The van der Waals surface area contributed by atoms with Gasteiger partial charge in [0.25, 0.3) is 11.8 Å². The van der Waals surface area contributed by atoms with Gasteiger partial charge in [0.15, 0.2) is 12.4 Å². The Bertz CT molecular complexity index is 878. The van der Waals surface area contributed by atoms with Crippen LogP contribution in [0, 0.1) is 0 Å². The SMILES string of the molecule is O=C(COC(=O)C1CCCN1C(=O)c1ccco1)Nc1c(Cl)cc(Cl)cc1Cl. The van der Waals surface area contributed by atoms with Gasteiger partial charge in [-0.3, -0.25) is 9.59 Å². The molecule has 1 saturated heterocycles. The summed E-state index contributed by atoms with van der Waals surface area (Å²) in [6, 6.07) is 5.19. The van der Waals surface area contributed by atoms with Crippen molar-refractivity contribution < 1.29 is 23.5 Å². The van der Waals surface area contributed by atoms with Crippen molar-refractivity contribution in [2.24, 2.45) is 0 Å². The zero-order chi connectivity index (χ0) is 20.3. The highest BCUT2D eigenvalue weighted by Crippen LogP contribution is 2.33. The molecule has 3 rings (SSSR count). The van der Waals surface area contributed by atoms with Gasteiger partial charge in [0.05, 0.1) is 22.0 Å². The first kappa shape index (κ1) is 20.5. The van der Waals surface area contributed by atoms with E-state index >= 15 is 0 Å². The lowest BCUT2D eigenvalue weighted by molar-refractivity contribution is -0.151. The maximum atomic E-state index is 12.4. The highest BCUT2D eigenvalue weighted by molar-refractivity contribution is 6.42. The van der Waals surface area contributed by atoms with E-state index in [1.165, 1.54) is 29.4 Å². The molecule has 1 atom stereocenters. The minimum absolute atomic E-state index is 0.143. The molecule has 2 amide bonds. The van der Waals surface area contributed by atoms with Crippen molar-refractivity contribution in [3.8, 4) is 0 Å². The van der Waals surface area contributed by atoms with Crippen molar-refractivity contribution >= 4 is 58.3 Å². The van der Waals surface area contributed by atoms with Crippen LogP contribution in [0.3, 0.4) is 0 Å². The summed E-state index contributed by atoms with van der Waals surface area (Å²) in [6.07, 6.45) is 2.48. The van der Waals surface area contributed by atoms with Crippen molar-refractivity contribution in [3.05, 3.63) is 51.4 Å². The Hall–Kier alpha value is -2.22. The quantitative estimate of drug-likeness (QED) is 0.702. The second-order valence-corrected chi connectivity index (χ2v) is 7.29. The van der Waals surface area contributed by atoms with Crippen molar-refractivity contribution in [3.63, 3.8) is 0 Å². The third kappa shape index (κ3) is 4.60. The minimum Gasteiger partial charge on any atom is -0.459 e. The van der Waals surface area contributed by atoms with E-state index in [2.05, 4.69) is 5.32 Å². The van der Waals surface area contributed by atoms with Gasteiger partial charge in [-0.15, -0.1) is 0 Å². The molecular weight excluding hydrogens is 431 g/mol. The average Bonchev–Trinajstić information content (AvgIpc) is 3.33. The number of ether oxygens (including phenoxy) is 1. The Balaban J connectivity index is 1.57. The van der Waals surface area contributed by atoms with Crippen LogP contribution in [0.15, 0.2) is 34.9 Å². The smallest absolute Gasteiger partial charge is 0.329 e. The van der Waals surface area contributed by atoms with Crippen LogP contribution in [-0.4, -0.2) is 41.9 Å². The Morgan fingerprint density at radius 1 is 1.21 bits per heavy atom. The average molecular weight is 446 g/mol. The topological polar surface area (TPSA) is 88.9 Å². The molecule has 1 aromatic heterocycles. The number of carbonyl (C=O) groups is 3. The Labute approximate surface area is 175 Å². The second kappa shape index (κ2) is 8.86. The molecule has 0 spiro atoms. The number of likely N-dealkylation sites (tertiary alicyclic amines) is 1. The molecule has 28 heavy (non-hydrogen) atoms. The fourth-order valence-electron chi connectivity index (χ4n) is 2.87. The number of nitrogens with zero attached hydrogens (tertiary/aromatic N) is 1. The molecule has 0 radical (unpaired) electrons. The summed E-state index contributed by atoms with van der Waals surface area (Å²) in [7, 11) is 0. The van der Waals surface area contributed by atoms with E-state index in [0.717, 1.165) is 0 Å². The number of nitrogens with one attached hydrogen (secondary N) is 1. The van der Waals surface area contributed by atoms with Gasteiger partial charge in [-0.05, 0) is 37.1 Å². The van der Waals surface area contributed by atoms with E-state index in [9.17, 15) is 14.4 Å².